The second-order valence-electron chi connectivity index (χ2n) is 4.15. The van der Waals surface area contributed by atoms with E-state index in [0.717, 1.165) is 5.13 Å². The molecule has 1 aliphatic carbocycles. The van der Waals surface area contributed by atoms with Gasteiger partial charge in [0.2, 0.25) is 5.13 Å². The van der Waals surface area contributed by atoms with Crippen molar-refractivity contribution >= 4 is 22.4 Å². The van der Waals surface area contributed by atoms with Crippen LogP contribution >= 0.6 is 11.5 Å². The molecule has 0 saturated heterocycles. The fourth-order valence-corrected chi connectivity index (χ4v) is 2.23. The number of hydrogen-bond donors (Lipinski definition) is 1. The molecule has 2 aromatic rings. The van der Waals surface area contributed by atoms with Crippen molar-refractivity contribution < 1.29 is 4.92 Å². The molecule has 1 aromatic heterocycles. The zero-order valence-electron chi connectivity index (χ0n) is 9.37. The highest BCUT2D eigenvalue weighted by Gasteiger charge is 2.22. The van der Waals surface area contributed by atoms with Gasteiger partial charge in [-0.1, -0.05) is 12.1 Å². The molecule has 6 nitrogen and oxygen atoms in total. The summed E-state index contributed by atoms with van der Waals surface area (Å²) in [7, 11) is 0. The Labute approximate surface area is 107 Å². The molecule has 0 unspecified atom stereocenters. The van der Waals surface area contributed by atoms with E-state index in [2.05, 4.69) is 14.7 Å². The predicted molar refractivity (Wildman–Crippen MR) is 68.6 cm³/mol. The summed E-state index contributed by atoms with van der Waals surface area (Å²) in [5.74, 6) is 0.534. The maximum Gasteiger partial charge on any atom is 0.270 e. The molecule has 1 saturated carbocycles. The minimum atomic E-state index is -0.417. The lowest BCUT2D eigenvalue weighted by atomic mass is 10.2. The number of benzene rings is 1. The van der Waals surface area contributed by atoms with E-state index >= 15 is 0 Å². The summed E-state index contributed by atoms with van der Waals surface area (Å²) >= 11 is 1.28. The molecule has 0 bridgehead atoms. The molecule has 0 spiro atoms. The van der Waals surface area contributed by atoms with E-state index in [1.165, 1.54) is 36.5 Å². The Hall–Kier alpha value is -2.02. The number of non-ortho nitro benzene ring substituents is 1. The Morgan fingerprint density at radius 1 is 1.44 bits per heavy atom. The quantitative estimate of drug-likeness (QED) is 0.676. The summed E-state index contributed by atoms with van der Waals surface area (Å²) in [5, 5.41) is 14.7. The third-order valence-electron chi connectivity index (χ3n) is 2.65. The zero-order valence-corrected chi connectivity index (χ0v) is 10.2. The summed E-state index contributed by atoms with van der Waals surface area (Å²) in [6.45, 7) is 0. The van der Waals surface area contributed by atoms with E-state index in [0.29, 0.717) is 17.4 Å². The lowest BCUT2D eigenvalue weighted by Gasteiger charge is -1.96. The molecule has 0 atom stereocenters. The molecular formula is C11H10N4O2S. The van der Waals surface area contributed by atoms with Gasteiger partial charge in [-0.05, 0) is 12.8 Å². The van der Waals surface area contributed by atoms with Crippen LogP contribution in [-0.4, -0.2) is 20.3 Å². The zero-order chi connectivity index (χ0) is 12.5. The van der Waals surface area contributed by atoms with Crippen molar-refractivity contribution in [3.8, 4) is 11.4 Å². The van der Waals surface area contributed by atoms with Crippen molar-refractivity contribution in [3.63, 3.8) is 0 Å². The second-order valence-corrected chi connectivity index (χ2v) is 4.90. The van der Waals surface area contributed by atoms with Crippen molar-refractivity contribution in [1.82, 2.24) is 9.36 Å². The maximum absolute atomic E-state index is 10.7. The van der Waals surface area contributed by atoms with Crippen molar-refractivity contribution in [2.45, 2.75) is 18.9 Å². The van der Waals surface area contributed by atoms with Crippen LogP contribution in [0.25, 0.3) is 11.4 Å². The number of rotatable bonds is 4. The van der Waals surface area contributed by atoms with Gasteiger partial charge in [0.05, 0.1) is 4.92 Å². The Bertz CT molecular complexity index is 594. The molecular weight excluding hydrogens is 252 g/mol. The molecule has 1 heterocycles. The van der Waals surface area contributed by atoms with Crippen molar-refractivity contribution in [1.29, 1.82) is 0 Å². The lowest BCUT2D eigenvalue weighted by molar-refractivity contribution is -0.384. The predicted octanol–water partition coefficient (Wildman–Crippen LogP) is 2.69. The molecule has 18 heavy (non-hydrogen) atoms. The minimum absolute atomic E-state index is 0.0546. The first-order chi connectivity index (χ1) is 8.72. The second kappa shape index (κ2) is 4.34. The standard InChI is InChI=1S/C11H10N4O2S/c16-15(17)9-3-1-2-7(6-9)10-13-11(18-14-10)12-8-4-5-8/h1-3,6,8H,4-5H2,(H,12,13,14). The smallest absolute Gasteiger partial charge is 0.270 e. The highest BCUT2D eigenvalue weighted by molar-refractivity contribution is 7.09. The highest BCUT2D eigenvalue weighted by atomic mass is 32.1. The topological polar surface area (TPSA) is 81.0 Å². The molecule has 1 aromatic carbocycles. The Morgan fingerprint density at radius 3 is 3.00 bits per heavy atom. The third-order valence-corrected chi connectivity index (χ3v) is 3.29. The van der Waals surface area contributed by atoms with Crippen molar-refractivity contribution in [2.75, 3.05) is 5.32 Å². The Morgan fingerprint density at radius 2 is 2.28 bits per heavy atom. The van der Waals surface area contributed by atoms with Crippen LogP contribution in [0.1, 0.15) is 12.8 Å². The van der Waals surface area contributed by atoms with Crippen LogP contribution in [0.5, 0.6) is 0 Å². The first kappa shape index (κ1) is 11.1. The molecule has 3 rings (SSSR count). The van der Waals surface area contributed by atoms with Gasteiger partial charge in [-0.25, -0.2) is 0 Å². The average Bonchev–Trinajstić information content (AvgIpc) is 3.05. The van der Waals surface area contributed by atoms with E-state index in [-0.39, 0.29) is 5.69 Å². The molecule has 7 heteroatoms. The van der Waals surface area contributed by atoms with E-state index < -0.39 is 4.92 Å². The first-order valence-electron chi connectivity index (χ1n) is 5.57. The van der Waals surface area contributed by atoms with E-state index in [1.54, 1.807) is 12.1 Å². The highest BCUT2D eigenvalue weighted by Crippen LogP contribution is 2.28. The van der Waals surface area contributed by atoms with E-state index in [9.17, 15) is 10.1 Å². The number of nitro groups is 1. The van der Waals surface area contributed by atoms with Crippen LogP contribution in [-0.2, 0) is 0 Å². The van der Waals surface area contributed by atoms with Gasteiger partial charge in [0.15, 0.2) is 5.82 Å². The summed E-state index contributed by atoms with van der Waals surface area (Å²) in [6, 6.07) is 6.89. The van der Waals surface area contributed by atoms with Crippen LogP contribution < -0.4 is 5.32 Å². The van der Waals surface area contributed by atoms with Gasteiger partial charge in [-0.2, -0.15) is 9.36 Å². The molecule has 92 valence electrons. The fourth-order valence-electron chi connectivity index (χ4n) is 1.56. The van der Waals surface area contributed by atoms with Crippen molar-refractivity contribution in [3.05, 3.63) is 34.4 Å². The molecule has 1 fully saturated rings. The third kappa shape index (κ3) is 2.30. The molecule has 0 radical (unpaired) electrons. The molecule has 0 amide bonds. The van der Waals surface area contributed by atoms with Crippen LogP contribution in [0.4, 0.5) is 10.8 Å². The SMILES string of the molecule is O=[N+]([O-])c1cccc(-c2nsc(NC3CC3)n2)c1. The fraction of sp³-hybridized carbons (Fsp3) is 0.273. The number of nitrogens with zero attached hydrogens (tertiary/aromatic N) is 3. The summed E-state index contributed by atoms with van der Waals surface area (Å²) < 4.78 is 4.21. The van der Waals surface area contributed by atoms with E-state index in [1.807, 2.05) is 0 Å². The van der Waals surface area contributed by atoms with E-state index in [4.69, 9.17) is 0 Å². The normalized spacial score (nSPS) is 14.4. The van der Waals surface area contributed by atoms with Crippen LogP contribution in [0.2, 0.25) is 0 Å². The largest absolute Gasteiger partial charge is 0.358 e. The number of aromatic nitrogens is 2. The van der Waals surface area contributed by atoms with Crippen LogP contribution in [0.15, 0.2) is 24.3 Å². The van der Waals surface area contributed by atoms with Gasteiger partial charge in [-0.15, -0.1) is 0 Å². The van der Waals surface area contributed by atoms with Crippen LogP contribution in [0, 0.1) is 10.1 Å². The minimum Gasteiger partial charge on any atom is -0.358 e. The Kier molecular flexibility index (Phi) is 2.67. The monoisotopic (exact) mass is 262 g/mol. The average molecular weight is 262 g/mol. The van der Waals surface area contributed by atoms with Gasteiger partial charge in [0.25, 0.3) is 5.69 Å². The number of nitrogens with one attached hydrogen (secondary N) is 1. The summed E-state index contributed by atoms with van der Waals surface area (Å²) in [6.07, 6.45) is 2.34. The summed E-state index contributed by atoms with van der Waals surface area (Å²) in [4.78, 5) is 14.6. The first-order valence-corrected chi connectivity index (χ1v) is 6.35. The molecule has 1 N–H and O–H groups in total. The summed E-state index contributed by atoms with van der Waals surface area (Å²) in [5.41, 5.74) is 0.725. The van der Waals surface area contributed by atoms with Gasteiger partial charge in [0.1, 0.15) is 0 Å². The van der Waals surface area contributed by atoms with Gasteiger partial charge < -0.3 is 5.32 Å². The van der Waals surface area contributed by atoms with Crippen LogP contribution in [0.3, 0.4) is 0 Å². The van der Waals surface area contributed by atoms with Gasteiger partial charge in [0, 0.05) is 35.3 Å². The Balaban J connectivity index is 1.86. The van der Waals surface area contributed by atoms with Crippen molar-refractivity contribution in [2.24, 2.45) is 0 Å². The maximum atomic E-state index is 10.7. The molecule has 0 aliphatic heterocycles. The van der Waals surface area contributed by atoms with Gasteiger partial charge in [-0.3, -0.25) is 10.1 Å². The number of nitro benzene ring substituents is 1. The lowest BCUT2D eigenvalue weighted by Crippen LogP contribution is -1.99. The van der Waals surface area contributed by atoms with Gasteiger partial charge >= 0.3 is 0 Å². The number of hydrogen-bond acceptors (Lipinski definition) is 6. The molecule has 1 aliphatic rings. The number of anilines is 1.